The van der Waals surface area contributed by atoms with E-state index in [0.29, 0.717) is 18.8 Å². The first-order valence-electron chi connectivity index (χ1n) is 8.11. The third-order valence-electron chi connectivity index (χ3n) is 4.38. The molecular formula is C19H18N4O2. The fourth-order valence-electron chi connectivity index (χ4n) is 3.00. The Balaban J connectivity index is 1.44. The number of nitrogens with one attached hydrogen (secondary N) is 2. The standard InChI is InChI=1S/C19H18N4O2/c20-18-16(10-21-23-18)12-5-7-15(8-6-12)22-19(24)14-9-13-3-1-2-4-17(13)25-11-14/h1-8,10,14H,9,11H2,(H,22,24)(H3,20,21,23). The third kappa shape index (κ3) is 3.06. The van der Waals surface area contributed by atoms with E-state index in [1.54, 1.807) is 6.20 Å². The highest BCUT2D eigenvalue weighted by molar-refractivity contribution is 5.93. The van der Waals surface area contributed by atoms with Gasteiger partial charge in [0.15, 0.2) is 0 Å². The van der Waals surface area contributed by atoms with Gasteiger partial charge in [-0.25, -0.2) is 0 Å². The van der Waals surface area contributed by atoms with Gasteiger partial charge in [0, 0.05) is 11.3 Å². The van der Waals surface area contributed by atoms with Crippen molar-refractivity contribution in [3.8, 4) is 16.9 Å². The third-order valence-corrected chi connectivity index (χ3v) is 4.38. The number of rotatable bonds is 3. The minimum Gasteiger partial charge on any atom is -0.492 e. The lowest BCUT2D eigenvalue weighted by atomic mass is 9.96. The number of hydrogen-bond acceptors (Lipinski definition) is 4. The predicted molar refractivity (Wildman–Crippen MR) is 96.2 cm³/mol. The zero-order valence-electron chi connectivity index (χ0n) is 13.5. The van der Waals surface area contributed by atoms with Crippen molar-refractivity contribution < 1.29 is 9.53 Å². The van der Waals surface area contributed by atoms with Crippen LogP contribution in [0.1, 0.15) is 5.56 Å². The van der Waals surface area contributed by atoms with E-state index in [2.05, 4.69) is 15.5 Å². The Bertz CT molecular complexity index is 902. The van der Waals surface area contributed by atoms with Crippen LogP contribution < -0.4 is 15.8 Å². The molecule has 1 aliphatic heterocycles. The van der Waals surface area contributed by atoms with Gasteiger partial charge in [0.2, 0.25) is 5.91 Å². The first kappa shape index (κ1) is 15.3. The van der Waals surface area contributed by atoms with Gasteiger partial charge in [-0.2, -0.15) is 5.10 Å². The predicted octanol–water partition coefficient (Wildman–Crippen LogP) is 2.85. The molecule has 4 N–H and O–H groups in total. The number of ether oxygens (including phenoxy) is 1. The van der Waals surface area contributed by atoms with Crippen molar-refractivity contribution in [3.63, 3.8) is 0 Å². The van der Waals surface area contributed by atoms with Gasteiger partial charge in [0.25, 0.3) is 0 Å². The summed E-state index contributed by atoms with van der Waals surface area (Å²) in [5.74, 6) is 1.16. The van der Waals surface area contributed by atoms with Gasteiger partial charge in [-0.15, -0.1) is 0 Å². The Morgan fingerprint density at radius 2 is 2.00 bits per heavy atom. The second-order valence-corrected chi connectivity index (χ2v) is 6.08. The van der Waals surface area contributed by atoms with Crippen molar-refractivity contribution in [2.45, 2.75) is 6.42 Å². The van der Waals surface area contributed by atoms with Crippen LogP contribution in [0.2, 0.25) is 0 Å². The molecule has 2 aromatic carbocycles. The molecule has 0 radical (unpaired) electrons. The number of aromatic nitrogens is 2. The number of para-hydroxylation sites is 1. The molecule has 0 saturated heterocycles. The SMILES string of the molecule is Nc1[nH]ncc1-c1ccc(NC(=O)C2COc3ccccc3C2)cc1. The zero-order chi connectivity index (χ0) is 17.2. The molecule has 4 rings (SSSR count). The maximum absolute atomic E-state index is 12.5. The summed E-state index contributed by atoms with van der Waals surface area (Å²) < 4.78 is 5.69. The highest BCUT2D eigenvalue weighted by Crippen LogP contribution is 2.28. The van der Waals surface area contributed by atoms with E-state index < -0.39 is 0 Å². The molecule has 126 valence electrons. The minimum atomic E-state index is -0.195. The Labute approximate surface area is 145 Å². The minimum absolute atomic E-state index is 0.0370. The molecule has 0 spiro atoms. The summed E-state index contributed by atoms with van der Waals surface area (Å²) in [4.78, 5) is 12.5. The molecule has 25 heavy (non-hydrogen) atoms. The molecule has 1 aromatic heterocycles. The van der Waals surface area contributed by atoms with Crippen molar-refractivity contribution in [2.75, 3.05) is 17.7 Å². The van der Waals surface area contributed by atoms with Gasteiger partial charge in [-0.1, -0.05) is 30.3 Å². The molecule has 0 aliphatic carbocycles. The first-order chi connectivity index (χ1) is 12.2. The van der Waals surface area contributed by atoms with E-state index in [9.17, 15) is 4.79 Å². The van der Waals surface area contributed by atoms with Gasteiger partial charge < -0.3 is 15.8 Å². The van der Waals surface area contributed by atoms with Crippen molar-refractivity contribution in [2.24, 2.45) is 5.92 Å². The molecule has 1 amide bonds. The van der Waals surface area contributed by atoms with Gasteiger partial charge in [0.05, 0.1) is 12.1 Å². The lowest BCUT2D eigenvalue weighted by Crippen LogP contribution is -2.32. The van der Waals surface area contributed by atoms with Crippen LogP contribution in [0.5, 0.6) is 5.75 Å². The average Bonchev–Trinajstić information content (AvgIpc) is 3.08. The van der Waals surface area contributed by atoms with Crippen LogP contribution in [-0.2, 0) is 11.2 Å². The number of amides is 1. The number of fused-ring (bicyclic) bond motifs is 1. The number of anilines is 2. The van der Waals surface area contributed by atoms with E-state index in [-0.39, 0.29) is 11.8 Å². The molecule has 1 aliphatic rings. The molecule has 0 saturated carbocycles. The average molecular weight is 334 g/mol. The largest absolute Gasteiger partial charge is 0.492 e. The summed E-state index contributed by atoms with van der Waals surface area (Å²) in [5.41, 5.74) is 9.43. The fraction of sp³-hybridized carbons (Fsp3) is 0.158. The molecule has 2 heterocycles. The normalized spacial score (nSPS) is 15.9. The van der Waals surface area contributed by atoms with Crippen LogP contribution in [0.3, 0.4) is 0 Å². The van der Waals surface area contributed by atoms with Crippen LogP contribution in [0.15, 0.2) is 54.7 Å². The molecular weight excluding hydrogens is 316 g/mol. The van der Waals surface area contributed by atoms with Gasteiger partial charge in [-0.05, 0) is 35.7 Å². The summed E-state index contributed by atoms with van der Waals surface area (Å²) >= 11 is 0. The smallest absolute Gasteiger partial charge is 0.231 e. The number of carbonyl (C=O) groups excluding carboxylic acids is 1. The second kappa shape index (κ2) is 6.32. The number of hydrogen-bond donors (Lipinski definition) is 3. The fourth-order valence-corrected chi connectivity index (χ4v) is 3.00. The molecule has 1 unspecified atom stereocenters. The van der Waals surface area contributed by atoms with E-state index in [0.717, 1.165) is 28.1 Å². The van der Waals surface area contributed by atoms with Crippen molar-refractivity contribution in [3.05, 3.63) is 60.3 Å². The van der Waals surface area contributed by atoms with E-state index >= 15 is 0 Å². The molecule has 3 aromatic rings. The number of nitrogens with two attached hydrogens (primary N) is 1. The lowest BCUT2D eigenvalue weighted by Gasteiger charge is -2.24. The number of carbonyl (C=O) groups is 1. The molecule has 0 fully saturated rings. The van der Waals surface area contributed by atoms with Gasteiger partial charge >= 0.3 is 0 Å². The summed E-state index contributed by atoms with van der Waals surface area (Å²) in [6.45, 7) is 0.395. The highest BCUT2D eigenvalue weighted by Gasteiger charge is 2.25. The Hall–Kier alpha value is -3.28. The number of nitrogens with zero attached hydrogens (tertiary/aromatic N) is 1. The van der Waals surface area contributed by atoms with E-state index in [1.807, 2.05) is 48.5 Å². The van der Waals surface area contributed by atoms with E-state index in [1.165, 1.54) is 0 Å². The quantitative estimate of drug-likeness (QED) is 0.686. The van der Waals surface area contributed by atoms with E-state index in [4.69, 9.17) is 10.5 Å². The zero-order valence-corrected chi connectivity index (χ0v) is 13.5. The monoisotopic (exact) mass is 334 g/mol. The first-order valence-corrected chi connectivity index (χ1v) is 8.11. The second-order valence-electron chi connectivity index (χ2n) is 6.08. The van der Waals surface area contributed by atoms with Crippen LogP contribution >= 0.6 is 0 Å². The van der Waals surface area contributed by atoms with Crippen LogP contribution in [0.25, 0.3) is 11.1 Å². The van der Waals surface area contributed by atoms with Gasteiger partial charge in [-0.3, -0.25) is 9.89 Å². The topological polar surface area (TPSA) is 93.0 Å². The van der Waals surface area contributed by atoms with Crippen LogP contribution in [0, 0.1) is 5.92 Å². The van der Waals surface area contributed by atoms with Crippen molar-refractivity contribution >= 4 is 17.4 Å². The summed E-state index contributed by atoms with van der Waals surface area (Å²) in [6, 6.07) is 15.4. The molecule has 0 bridgehead atoms. The molecule has 6 nitrogen and oxygen atoms in total. The van der Waals surface area contributed by atoms with Crippen molar-refractivity contribution in [1.82, 2.24) is 10.2 Å². The summed E-state index contributed by atoms with van der Waals surface area (Å²) in [7, 11) is 0. The number of benzene rings is 2. The van der Waals surface area contributed by atoms with Crippen LogP contribution in [0.4, 0.5) is 11.5 Å². The lowest BCUT2D eigenvalue weighted by molar-refractivity contribution is -0.121. The number of nitrogen functional groups attached to an aromatic ring is 1. The Kier molecular flexibility index (Phi) is 3.85. The Morgan fingerprint density at radius 3 is 2.76 bits per heavy atom. The molecule has 1 atom stereocenters. The Morgan fingerprint density at radius 1 is 1.20 bits per heavy atom. The maximum atomic E-state index is 12.5. The number of H-pyrrole nitrogens is 1. The summed E-state index contributed by atoms with van der Waals surface area (Å²) in [5, 5.41) is 9.58. The van der Waals surface area contributed by atoms with Crippen molar-refractivity contribution in [1.29, 1.82) is 0 Å². The summed E-state index contributed by atoms with van der Waals surface area (Å²) in [6.07, 6.45) is 2.37. The molecule has 6 heteroatoms. The maximum Gasteiger partial charge on any atom is 0.231 e. The van der Waals surface area contributed by atoms with Gasteiger partial charge in [0.1, 0.15) is 18.2 Å². The number of aromatic amines is 1. The van der Waals surface area contributed by atoms with Crippen LogP contribution in [-0.4, -0.2) is 22.7 Å². The highest BCUT2D eigenvalue weighted by atomic mass is 16.5.